The minimum Gasteiger partial charge on any atom is -0.360 e. The van der Waals surface area contributed by atoms with Gasteiger partial charge in [0.15, 0.2) is 0 Å². The van der Waals surface area contributed by atoms with Gasteiger partial charge >= 0.3 is 0 Å². The van der Waals surface area contributed by atoms with Gasteiger partial charge < -0.3 is 10.2 Å². The highest BCUT2D eigenvalue weighted by Crippen LogP contribution is 2.19. The zero-order chi connectivity index (χ0) is 15.0. The first-order chi connectivity index (χ1) is 9.54. The highest BCUT2D eigenvalue weighted by Gasteiger charge is 2.07. The number of hydrogen-bond acceptors (Lipinski definition) is 3. The molecule has 4 heteroatoms. The molecule has 1 rings (SSSR count). The maximum Gasteiger partial charge on any atom is 0.128 e. The Morgan fingerprint density at radius 2 is 2.20 bits per heavy atom. The van der Waals surface area contributed by atoms with Crippen LogP contribution in [0.4, 0.5) is 5.82 Å². The van der Waals surface area contributed by atoms with Crippen LogP contribution < -0.4 is 10.2 Å². The minimum atomic E-state index is 0.624. The van der Waals surface area contributed by atoms with Crippen LogP contribution in [-0.2, 0) is 6.54 Å². The average molecular weight is 296 g/mol. The molecule has 20 heavy (non-hydrogen) atoms. The molecule has 1 aromatic rings. The number of rotatable bonds is 9. The monoisotopic (exact) mass is 295 g/mol. The van der Waals surface area contributed by atoms with Crippen LogP contribution in [0.2, 0.25) is 5.02 Å². The van der Waals surface area contributed by atoms with Crippen LogP contribution in [0, 0.1) is 5.92 Å². The molecule has 0 atom stereocenters. The van der Waals surface area contributed by atoms with E-state index in [0.717, 1.165) is 42.5 Å². The summed E-state index contributed by atoms with van der Waals surface area (Å²) < 4.78 is 0. The van der Waals surface area contributed by atoms with Crippen LogP contribution in [0.5, 0.6) is 0 Å². The summed E-state index contributed by atoms with van der Waals surface area (Å²) in [6.07, 6.45) is 4.07. The van der Waals surface area contributed by atoms with E-state index in [0.29, 0.717) is 12.5 Å². The molecule has 0 unspecified atom stereocenters. The number of nitrogens with one attached hydrogen (secondary N) is 1. The van der Waals surface area contributed by atoms with Crippen LogP contribution in [0.3, 0.4) is 0 Å². The standard InChI is InChI=1S/C16H26ClN3/c1-5-6-7-10-20(4)16-9-8-14(17)15(19-16)12-18-11-13(2)3/h5,8-9,13,18H,1,6-7,10-12H2,2-4H3. The molecule has 1 aromatic heterocycles. The molecule has 0 spiro atoms. The average Bonchev–Trinajstić information content (AvgIpc) is 2.40. The van der Waals surface area contributed by atoms with Crippen molar-refractivity contribution in [3.63, 3.8) is 0 Å². The molecule has 0 aliphatic heterocycles. The highest BCUT2D eigenvalue weighted by molar-refractivity contribution is 6.31. The fourth-order valence-electron chi connectivity index (χ4n) is 1.88. The topological polar surface area (TPSA) is 28.2 Å². The number of allylic oxidation sites excluding steroid dienone is 1. The summed E-state index contributed by atoms with van der Waals surface area (Å²) in [5.41, 5.74) is 0.917. The Kier molecular flexibility index (Phi) is 7.63. The van der Waals surface area contributed by atoms with Gasteiger partial charge in [-0.1, -0.05) is 31.5 Å². The fourth-order valence-corrected chi connectivity index (χ4v) is 2.05. The summed E-state index contributed by atoms with van der Waals surface area (Å²) in [7, 11) is 2.06. The van der Waals surface area contributed by atoms with Gasteiger partial charge in [-0.05, 0) is 37.4 Å². The van der Waals surface area contributed by atoms with Crippen LogP contribution in [0.1, 0.15) is 32.4 Å². The van der Waals surface area contributed by atoms with Gasteiger partial charge in [0, 0.05) is 20.1 Å². The van der Waals surface area contributed by atoms with Gasteiger partial charge in [0.05, 0.1) is 10.7 Å². The lowest BCUT2D eigenvalue weighted by molar-refractivity contribution is 0.548. The normalized spacial score (nSPS) is 10.8. The van der Waals surface area contributed by atoms with E-state index in [-0.39, 0.29) is 0 Å². The number of halogens is 1. The molecule has 1 N–H and O–H groups in total. The summed E-state index contributed by atoms with van der Waals surface area (Å²) in [6.45, 7) is 10.8. The maximum atomic E-state index is 6.21. The second-order valence-corrected chi connectivity index (χ2v) is 5.88. The summed E-state index contributed by atoms with van der Waals surface area (Å²) in [5, 5.41) is 4.11. The van der Waals surface area contributed by atoms with Gasteiger partial charge in [0.1, 0.15) is 5.82 Å². The van der Waals surface area contributed by atoms with E-state index in [1.807, 2.05) is 18.2 Å². The zero-order valence-electron chi connectivity index (χ0n) is 12.8. The lowest BCUT2D eigenvalue weighted by Gasteiger charge is -2.19. The van der Waals surface area contributed by atoms with Gasteiger partial charge in [-0.3, -0.25) is 0 Å². The van der Waals surface area contributed by atoms with Gasteiger partial charge in [-0.2, -0.15) is 0 Å². The number of nitrogens with zero attached hydrogens (tertiary/aromatic N) is 2. The van der Waals surface area contributed by atoms with Gasteiger partial charge in [0.25, 0.3) is 0 Å². The predicted octanol–water partition coefficient (Wildman–Crippen LogP) is 3.88. The Morgan fingerprint density at radius 3 is 2.85 bits per heavy atom. The quantitative estimate of drug-likeness (QED) is 0.553. The molecular formula is C16H26ClN3. The summed E-state index contributed by atoms with van der Waals surface area (Å²) in [4.78, 5) is 6.81. The van der Waals surface area contributed by atoms with E-state index in [4.69, 9.17) is 11.6 Å². The van der Waals surface area contributed by atoms with Crippen molar-refractivity contribution in [1.29, 1.82) is 0 Å². The van der Waals surface area contributed by atoms with E-state index in [1.54, 1.807) is 0 Å². The van der Waals surface area contributed by atoms with Crippen molar-refractivity contribution < 1.29 is 0 Å². The Hall–Kier alpha value is -1.06. The highest BCUT2D eigenvalue weighted by atomic mass is 35.5. The number of pyridine rings is 1. The molecule has 0 radical (unpaired) electrons. The Balaban J connectivity index is 2.62. The van der Waals surface area contributed by atoms with Crippen LogP contribution in [-0.4, -0.2) is 25.1 Å². The fraction of sp³-hybridized carbons (Fsp3) is 0.562. The lowest BCUT2D eigenvalue weighted by atomic mass is 10.2. The van der Waals surface area contributed by atoms with Crippen molar-refractivity contribution in [3.05, 3.63) is 35.5 Å². The van der Waals surface area contributed by atoms with E-state index < -0.39 is 0 Å². The SMILES string of the molecule is C=CCCCN(C)c1ccc(Cl)c(CNCC(C)C)n1. The van der Waals surface area contributed by atoms with E-state index in [9.17, 15) is 0 Å². The van der Waals surface area contributed by atoms with Crippen molar-refractivity contribution in [2.24, 2.45) is 5.92 Å². The van der Waals surface area contributed by atoms with Crippen LogP contribution in [0.15, 0.2) is 24.8 Å². The molecule has 0 saturated heterocycles. The lowest BCUT2D eigenvalue weighted by Crippen LogP contribution is -2.22. The molecule has 0 aliphatic carbocycles. The maximum absolute atomic E-state index is 6.21. The smallest absolute Gasteiger partial charge is 0.128 e. The first kappa shape index (κ1) is 17.0. The Labute approximate surface area is 128 Å². The molecule has 112 valence electrons. The summed E-state index contributed by atoms with van der Waals surface area (Å²) >= 11 is 6.21. The van der Waals surface area contributed by atoms with Crippen molar-refractivity contribution in [3.8, 4) is 0 Å². The number of hydrogen-bond donors (Lipinski definition) is 1. The third-order valence-electron chi connectivity index (χ3n) is 3.04. The van der Waals surface area contributed by atoms with Crippen molar-refractivity contribution in [2.75, 3.05) is 25.0 Å². The van der Waals surface area contributed by atoms with E-state index in [2.05, 4.69) is 42.7 Å². The Morgan fingerprint density at radius 1 is 1.45 bits per heavy atom. The third kappa shape index (κ3) is 5.93. The first-order valence-electron chi connectivity index (χ1n) is 7.22. The number of unbranched alkanes of at least 4 members (excludes halogenated alkanes) is 1. The number of anilines is 1. The molecule has 0 aromatic carbocycles. The van der Waals surface area contributed by atoms with Crippen LogP contribution in [0.25, 0.3) is 0 Å². The summed E-state index contributed by atoms with van der Waals surface area (Å²) in [5.74, 6) is 1.60. The molecule has 0 fully saturated rings. The molecule has 0 amide bonds. The van der Waals surface area contributed by atoms with Gasteiger partial charge in [-0.25, -0.2) is 4.98 Å². The molecule has 0 aliphatic rings. The van der Waals surface area contributed by atoms with E-state index in [1.165, 1.54) is 0 Å². The van der Waals surface area contributed by atoms with Crippen molar-refractivity contribution >= 4 is 17.4 Å². The minimum absolute atomic E-state index is 0.624. The molecule has 1 heterocycles. The van der Waals surface area contributed by atoms with Crippen molar-refractivity contribution in [1.82, 2.24) is 10.3 Å². The first-order valence-corrected chi connectivity index (χ1v) is 7.60. The van der Waals surface area contributed by atoms with E-state index >= 15 is 0 Å². The Bertz CT molecular complexity index is 418. The van der Waals surface area contributed by atoms with Crippen molar-refractivity contribution in [2.45, 2.75) is 33.2 Å². The third-order valence-corrected chi connectivity index (χ3v) is 3.39. The summed E-state index contributed by atoms with van der Waals surface area (Å²) in [6, 6.07) is 3.91. The second-order valence-electron chi connectivity index (χ2n) is 5.48. The zero-order valence-corrected chi connectivity index (χ0v) is 13.6. The molecular weight excluding hydrogens is 270 g/mol. The molecule has 0 saturated carbocycles. The van der Waals surface area contributed by atoms with Gasteiger partial charge in [-0.15, -0.1) is 6.58 Å². The second kappa shape index (κ2) is 8.98. The molecule has 0 bridgehead atoms. The molecule has 3 nitrogen and oxygen atoms in total. The largest absolute Gasteiger partial charge is 0.360 e. The van der Waals surface area contributed by atoms with Crippen LogP contribution >= 0.6 is 11.6 Å². The number of aromatic nitrogens is 1. The van der Waals surface area contributed by atoms with Gasteiger partial charge in [0.2, 0.25) is 0 Å². The predicted molar refractivity (Wildman–Crippen MR) is 88.5 cm³/mol.